The van der Waals surface area contributed by atoms with Crippen molar-refractivity contribution in [2.24, 2.45) is 5.92 Å². The molecule has 9 nitrogen and oxygen atoms in total. The van der Waals surface area contributed by atoms with Gasteiger partial charge in [0, 0.05) is 6.07 Å². The lowest BCUT2D eigenvalue weighted by Gasteiger charge is -2.26. The molecule has 0 aromatic carbocycles. The summed E-state index contributed by atoms with van der Waals surface area (Å²) in [7, 11) is 0. The third kappa shape index (κ3) is 3.07. The van der Waals surface area contributed by atoms with E-state index in [2.05, 4.69) is 15.6 Å². The Bertz CT molecular complexity index is 690. The zero-order valence-corrected chi connectivity index (χ0v) is 14.0. The van der Waals surface area contributed by atoms with Gasteiger partial charge in [-0.1, -0.05) is 13.8 Å². The van der Waals surface area contributed by atoms with Gasteiger partial charge in [0.1, 0.15) is 12.4 Å². The van der Waals surface area contributed by atoms with Crippen molar-refractivity contribution in [2.45, 2.75) is 39.4 Å². The number of aromatic nitrogens is 1. The Kier molecular flexibility index (Phi) is 4.83. The first-order valence-electron chi connectivity index (χ1n) is 7.60. The molecule has 0 bridgehead atoms. The van der Waals surface area contributed by atoms with Gasteiger partial charge < -0.3 is 10.1 Å². The van der Waals surface area contributed by atoms with Crippen LogP contribution in [0.1, 0.15) is 49.9 Å². The second kappa shape index (κ2) is 6.52. The maximum absolute atomic E-state index is 12.3. The van der Waals surface area contributed by atoms with E-state index in [0.29, 0.717) is 0 Å². The molecule has 0 spiro atoms. The predicted molar refractivity (Wildman–Crippen MR) is 84.1 cm³/mol. The fourth-order valence-corrected chi connectivity index (χ4v) is 2.41. The molecule has 1 aromatic rings. The van der Waals surface area contributed by atoms with Crippen molar-refractivity contribution >= 4 is 17.6 Å². The molecule has 1 saturated heterocycles. The molecule has 2 heterocycles. The van der Waals surface area contributed by atoms with Crippen molar-refractivity contribution in [3.63, 3.8) is 0 Å². The van der Waals surface area contributed by atoms with Crippen molar-refractivity contribution in [1.82, 2.24) is 15.6 Å². The van der Waals surface area contributed by atoms with Crippen molar-refractivity contribution in [1.29, 1.82) is 0 Å². The topological polar surface area (TPSA) is 123 Å². The zero-order valence-electron chi connectivity index (χ0n) is 14.0. The maximum atomic E-state index is 12.3. The van der Waals surface area contributed by atoms with Crippen LogP contribution in [0.2, 0.25) is 0 Å². The summed E-state index contributed by atoms with van der Waals surface area (Å²) in [6.07, 6.45) is 0.321. The third-order valence-electron chi connectivity index (χ3n) is 4.23. The molecule has 1 aliphatic heterocycles. The summed E-state index contributed by atoms with van der Waals surface area (Å²) >= 11 is 0. The van der Waals surface area contributed by atoms with E-state index in [1.165, 1.54) is 0 Å². The Morgan fingerprint density at radius 3 is 2.71 bits per heavy atom. The molecule has 24 heavy (non-hydrogen) atoms. The van der Waals surface area contributed by atoms with Crippen LogP contribution in [0.4, 0.5) is 5.69 Å². The molecule has 1 amide bonds. The number of rotatable bonds is 5. The van der Waals surface area contributed by atoms with Gasteiger partial charge in [0.2, 0.25) is 5.91 Å². The molecular formula is C15H20N4O5. The molecular weight excluding hydrogens is 316 g/mol. The molecule has 9 heteroatoms. The van der Waals surface area contributed by atoms with Gasteiger partial charge in [-0.3, -0.25) is 20.2 Å². The number of hydrogen-bond donors (Lipinski definition) is 2. The van der Waals surface area contributed by atoms with Crippen LogP contribution in [-0.2, 0) is 9.53 Å². The minimum absolute atomic E-state index is 0.00779. The number of hydrogen-bond acceptors (Lipinski definition) is 7. The predicted octanol–water partition coefficient (Wildman–Crippen LogP) is 1.30. The summed E-state index contributed by atoms with van der Waals surface area (Å²) in [5.41, 5.74) is -1.01. The highest BCUT2D eigenvalue weighted by atomic mass is 16.6. The van der Waals surface area contributed by atoms with Gasteiger partial charge in [0.15, 0.2) is 0 Å². The number of nitrogens with one attached hydrogen (secondary N) is 2. The molecule has 2 rings (SSSR count). The van der Waals surface area contributed by atoms with Crippen LogP contribution in [0.3, 0.4) is 0 Å². The van der Waals surface area contributed by atoms with Gasteiger partial charge in [-0.15, -0.1) is 0 Å². The lowest BCUT2D eigenvalue weighted by atomic mass is 9.89. The minimum Gasteiger partial charge on any atom is -0.462 e. The Hall–Kier alpha value is -2.55. The van der Waals surface area contributed by atoms with Crippen molar-refractivity contribution < 1.29 is 19.2 Å². The molecule has 0 aliphatic carbocycles. The van der Waals surface area contributed by atoms with Crippen LogP contribution in [0.15, 0.2) is 12.3 Å². The van der Waals surface area contributed by atoms with E-state index >= 15 is 0 Å². The van der Waals surface area contributed by atoms with Crippen molar-refractivity contribution in [3.8, 4) is 0 Å². The SMILES string of the molecule is CCOC(=O)c1cc([N+](=O)[O-])cnc1C1NC(=O)C(C)(C(C)C)N1. The Morgan fingerprint density at radius 2 is 2.21 bits per heavy atom. The Morgan fingerprint density at radius 1 is 1.54 bits per heavy atom. The molecule has 2 N–H and O–H groups in total. The van der Waals surface area contributed by atoms with Gasteiger partial charge >= 0.3 is 5.97 Å². The molecule has 1 aliphatic rings. The van der Waals surface area contributed by atoms with Gasteiger partial charge in [-0.25, -0.2) is 9.78 Å². The van der Waals surface area contributed by atoms with E-state index in [-0.39, 0.29) is 35.4 Å². The second-order valence-electron chi connectivity index (χ2n) is 6.01. The molecule has 130 valence electrons. The van der Waals surface area contributed by atoms with E-state index in [1.807, 2.05) is 13.8 Å². The number of carbonyl (C=O) groups excluding carboxylic acids is 2. The van der Waals surface area contributed by atoms with Crippen LogP contribution >= 0.6 is 0 Å². The average molecular weight is 336 g/mol. The fraction of sp³-hybridized carbons (Fsp3) is 0.533. The first-order chi connectivity index (χ1) is 11.2. The zero-order chi connectivity index (χ0) is 18.1. The smallest absolute Gasteiger partial charge is 0.340 e. The quantitative estimate of drug-likeness (QED) is 0.472. The number of esters is 1. The summed E-state index contributed by atoms with van der Waals surface area (Å²) in [5, 5.41) is 16.8. The van der Waals surface area contributed by atoms with E-state index < -0.39 is 22.6 Å². The molecule has 1 aromatic heterocycles. The standard InChI is InChI=1S/C15H20N4O5/c1-5-24-13(20)10-6-9(19(22)23)7-16-11(10)12-17-14(21)15(4,18-12)8(2)3/h6-8,12,18H,5H2,1-4H3,(H,17,21). The van der Waals surface area contributed by atoms with E-state index in [9.17, 15) is 19.7 Å². The van der Waals surface area contributed by atoms with E-state index in [1.54, 1.807) is 13.8 Å². The highest BCUT2D eigenvalue weighted by molar-refractivity contribution is 5.93. The summed E-state index contributed by atoms with van der Waals surface area (Å²) in [6.45, 7) is 7.29. The van der Waals surface area contributed by atoms with Crippen LogP contribution in [-0.4, -0.2) is 33.9 Å². The van der Waals surface area contributed by atoms with Crippen LogP contribution in [0.25, 0.3) is 0 Å². The average Bonchev–Trinajstić information content (AvgIpc) is 2.83. The fourth-order valence-electron chi connectivity index (χ4n) is 2.41. The molecule has 2 atom stereocenters. The third-order valence-corrected chi connectivity index (χ3v) is 4.23. The number of nitrogens with zero attached hydrogens (tertiary/aromatic N) is 2. The van der Waals surface area contributed by atoms with Crippen LogP contribution in [0.5, 0.6) is 0 Å². The van der Waals surface area contributed by atoms with Crippen LogP contribution in [0, 0.1) is 16.0 Å². The Labute approximate surface area is 138 Å². The van der Waals surface area contributed by atoms with Crippen molar-refractivity contribution in [3.05, 3.63) is 33.6 Å². The van der Waals surface area contributed by atoms with Crippen molar-refractivity contribution in [2.75, 3.05) is 6.61 Å². The Balaban J connectivity index is 2.45. The van der Waals surface area contributed by atoms with Gasteiger partial charge in [-0.05, 0) is 19.8 Å². The molecule has 0 saturated carbocycles. The summed E-state index contributed by atoms with van der Waals surface area (Å²) in [6, 6.07) is 1.11. The highest BCUT2D eigenvalue weighted by Crippen LogP contribution is 2.29. The normalized spacial score (nSPS) is 23.2. The van der Waals surface area contributed by atoms with Gasteiger partial charge in [0.25, 0.3) is 5.69 Å². The highest BCUT2D eigenvalue weighted by Gasteiger charge is 2.46. The molecule has 1 fully saturated rings. The minimum atomic E-state index is -0.833. The number of nitro groups is 1. The summed E-state index contributed by atoms with van der Waals surface area (Å²) in [4.78, 5) is 38.7. The van der Waals surface area contributed by atoms with Crippen LogP contribution < -0.4 is 10.6 Å². The van der Waals surface area contributed by atoms with E-state index in [4.69, 9.17) is 4.74 Å². The lowest BCUT2D eigenvalue weighted by Crippen LogP contribution is -2.48. The monoisotopic (exact) mass is 336 g/mol. The number of amides is 1. The first-order valence-corrected chi connectivity index (χ1v) is 7.60. The lowest BCUT2D eigenvalue weighted by molar-refractivity contribution is -0.385. The molecule has 0 radical (unpaired) electrons. The van der Waals surface area contributed by atoms with Gasteiger partial charge in [0.05, 0.1) is 28.3 Å². The van der Waals surface area contributed by atoms with E-state index in [0.717, 1.165) is 12.3 Å². The number of ether oxygens (including phenoxy) is 1. The maximum Gasteiger partial charge on any atom is 0.340 e. The largest absolute Gasteiger partial charge is 0.462 e. The number of carbonyl (C=O) groups is 2. The molecule has 2 unspecified atom stereocenters. The van der Waals surface area contributed by atoms with Gasteiger partial charge in [-0.2, -0.15) is 0 Å². The second-order valence-corrected chi connectivity index (χ2v) is 6.01. The summed E-state index contributed by atoms with van der Waals surface area (Å²) < 4.78 is 4.95. The summed E-state index contributed by atoms with van der Waals surface area (Å²) in [5.74, 6) is -0.957. The first kappa shape index (κ1) is 17.8. The number of pyridine rings is 1.